The van der Waals surface area contributed by atoms with Crippen LogP contribution in [0.1, 0.15) is 89.5 Å². The third-order valence-electron chi connectivity index (χ3n) is 12.5. The molecule has 7 aliphatic rings. The Kier molecular flexibility index (Phi) is 7.80. The molecule has 2 bridgehead atoms. The van der Waals surface area contributed by atoms with Gasteiger partial charge in [0.15, 0.2) is 6.04 Å². The van der Waals surface area contributed by atoms with Gasteiger partial charge in [-0.1, -0.05) is 38.3 Å². The number of carbonyl (C=O) groups excluding carboxylic acids is 2. The fraction of sp³-hybridized carbons (Fsp3) is 0.579. The summed E-state index contributed by atoms with van der Waals surface area (Å²) in [6.45, 7) is 5.21. The van der Waals surface area contributed by atoms with Gasteiger partial charge >= 0.3 is 6.03 Å². The number of urea groups is 1. The Bertz CT molecular complexity index is 1890. The summed E-state index contributed by atoms with van der Waals surface area (Å²) in [5.41, 5.74) is 4.82. The second-order valence-corrected chi connectivity index (χ2v) is 17.3. The van der Waals surface area contributed by atoms with Crippen LogP contribution in [0.15, 0.2) is 47.2 Å². The van der Waals surface area contributed by atoms with Crippen LogP contribution < -0.4 is 19.9 Å². The number of hydrogen-bond donors (Lipinski definition) is 1. The molecule has 48 heavy (non-hydrogen) atoms. The number of ether oxygens (including phenoxy) is 1. The van der Waals surface area contributed by atoms with Crippen molar-refractivity contribution in [3.05, 3.63) is 63.2 Å². The quantitative estimate of drug-likeness (QED) is 0.457. The van der Waals surface area contributed by atoms with E-state index in [4.69, 9.17) is 4.74 Å². The van der Waals surface area contributed by atoms with E-state index in [-0.39, 0.29) is 28.5 Å². The molecule has 1 aromatic rings. The minimum Gasteiger partial charge on any atom is -0.496 e. The highest BCUT2D eigenvalue weighted by molar-refractivity contribution is 7.90. The Morgan fingerprint density at radius 3 is 2.50 bits per heavy atom. The van der Waals surface area contributed by atoms with Crippen LogP contribution in [0.25, 0.3) is 11.8 Å². The predicted molar refractivity (Wildman–Crippen MR) is 185 cm³/mol. The van der Waals surface area contributed by atoms with E-state index in [1.165, 1.54) is 24.8 Å². The Labute approximate surface area is 284 Å². The standard InChI is InChI=1S/C38H48N4O5S/c1-5-23(2)48(45,46)39-38(44)42-32-13-9-12-29(37(43)41-26-14-15-27(41)22-40(3)21-26)30(32)20-34(42)36-31(18-25-19-33(25)42)28(16-17-35(36)47-4)24-10-7-6-8-11-24/h9,13,16-19,23-24,26-27,29,33H,5-8,10-12,14-15,20-22H2,1-4H3/p+1/t23?,26?,27?,29-,33?,42?/m0/s1. The van der Waals surface area contributed by atoms with E-state index in [1.807, 2.05) is 25.1 Å². The van der Waals surface area contributed by atoms with Crippen molar-refractivity contribution in [2.45, 2.75) is 107 Å². The highest BCUT2D eigenvalue weighted by Gasteiger charge is 2.64. The zero-order valence-corrected chi connectivity index (χ0v) is 29.5. The van der Waals surface area contributed by atoms with Crippen LogP contribution in [0.3, 0.4) is 0 Å². The van der Waals surface area contributed by atoms with Crippen molar-refractivity contribution >= 4 is 33.7 Å². The molecule has 3 aliphatic carbocycles. The molecule has 2 saturated heterocycles. The maximum absolute atomic E-state index is 15.0. The first-order valence-corrected chi connectivity index (χ1v) is 19.6. The predicted octanol–water partition coefficient (Wildman–Crippen LogP) is 4.15. The Morgan fingerprint density at radius 2 is 1.81 bits per heavy atom. The van der Waals surface area contributed by atoms with Crippen molar-refractivity contribution in [3.63, 3.8) is 0 Å². The molecule has 4 heterocycles. The highest BCUT2D eigenvalue weighted by Crippen LogP contribution is 2.55. The second kappa shape index (κ2) is 11.7. The van der Waals surface area contributed by atoms with Crippen molar-refractivity contribution in [1.82, 2.24) is 14.5 Å². The van der Waals surface area contributed by atoms with E-state index in [1.54, 1.807) is 14.0 Å². The van der Waals surface area contributed by atoms with Gasteiger partial charge in [-0.3, -0.25) is 4.79 Å². The van der Waals surface area contributed by atoms with E-state index >= 15 is 4.79 Å². The van der Waals surface area contributed by atoms with Crippen molar-refractivity contribution < 1.29 is 27.2 Å². The molecule has 0 spiro atoms. The molecular weight excluding hydrogens is 625 g/mol. The molecule has 1 saturated carbocycles. The van der Waals surface area contributed by atoms with Gasteiger partial charge in [0.05, 0.1) is 29.9 Å². The first-order valence-electron chi connectivity index (χ1n) is 18.1. The first-order chi connectivity index (χ1) is 23.1. The first kappa shape index (κ1) is 32.0. The van der Waals surface area contributed by atoms with Gasteiger partial charge in [-0.2, -0.15) is 4.48 Å². The van der Waals surface area contributed by atoms with Gasteiger partial charge in [0.1, 0.15) is 17.1 Å². The number of nitrogens with zero attached hydrogens (tertiary/aromatic N) is 3. The van der Waals surface area contributed by atoms with Gasteiger partial charge in [-0.15, -0.1) is 0 Å². The Hall–Kier alpha value is -3.21. The highest BCUT2D eigenvalue weighted by atomic mass is 32.2. The molecule has 256 valence electrons. The number of sulfonamides is 1. The van der Waals surface area contributed by atoms with Crippen molar-refractivity contribution in [2.75, 3.05) is 27.2 Å². The minimum atomic E-state index is -3.95. The normalized spacial score (nSPS) is 31.5. The van der Waals surface area contributed by atoms with E-state index in [0.29, 0.717) is 30.9 Å². The van der Waals surface area contributed by atoms with Gasteiger partial charge in [-0.25, -0.2) is 17.9 Å². The third-order valence-corrected chi connectivity index (χ3v) is 14.4. The molecule has 3 fully saturated rings. The van der Waals surface area contributed by atoms with Crippen LogP contribution >= 0.6 is 0 Å². The summed E-state index contributed by atoms with van der Waals surface area (Å²) in [7, 11) is -0.152. The van der Waals surface area contributed by atoms with Gasteiger partial charge in [0.25, 0.3) is 0 Å². The van der Waals surface area contributed by atoms with E-state index < -0.39 is 27.2 Å². The molecular formula is C38H49N4O5S+. The van der Waals surface area contributed by atoms with Crippen molar-refractivity contribution in [2.24, 2.45) is 5.92 Å². The van der Waals surface area contributed by atoms with Crippen LogP contribution in [-0.4, -0.2) is 85.3 Å². The van der Waals surface area contributed by atoms with Crippen LogP contribution in [0.4, 0.5) is 4.79 Å². The summed E-state index contributed by atoms with van der Waals surface area (Å²) in [4.78, 5) is 34.2. The number of methoxy groups -OCH3 is 1. The largest absolute Gasteiger partial charge is 0.496 e. The topological polar surface area (TPSA) is 96.0 Å². The summed E-state index contributed by atoms with van der Waals surface area (Å²) >= 11 is 0. The number of carbonyl (C=O) groups is 2. The van der Waals surface area contributed by atoms with Gasteiger partial charge in [-0.05, 0) is 93.5 Å². The van der Waals surface area contributed by atoms with Crippen LogP contribution in [-0.2, 0) is 14.8 Å². The second-order valence-electron chi connectivity index (χ2n) is 15.2. The van der Waals surface area contributed by atoms with E-state index in [2.05, 4.69) is 39.8 Å². The van der Waals surface area contributed by atoms with Gasteiger partial charge in [0, 0.05) is 36.3 Å². The summed E-state index contributed by atoms with van der Waals surface area (Å²) < 4.78 is 35.5. The van der Waals surface area contributed by atoms with Gasteiger partial charge < -0.3 is 14.5 Å². The van der Waals surface area contributed by atoms with Crippen LogP contribution in [0, 0.1) is 5.92 Å². The monoisotopic (exact) mass is 673 g/mol. The molecule has 1 N–H and O–H groups in total. The molecule has 10 heteroatoms. The molecule has 4 aliphatic heterocycles. The van der Waals surface area contributed by atoms with Crippen molar-refractivity contribution in [1.29, 1.82) is 0 Å². The SMILES string of the molecule is CCC(C)S(=O)(=O)NC(=O)[N+]12C3=C(CC1=c1c(OC)ccc(C4CCCCC4)c1=CC1=CC12)[C@@H](C(=O)N1C2CCC1CN(C)C2)CC=C3. The maximum atomic E-state index is 15.0. The molecule has 6 atom stereocenters. The number of piperazine rings is 1. The zero-order chi connectivity index (χ0) is 33.5. The van der Waals surface area contributed by atoms with Crippen LogP contribution in [0.5, 0.6) is 5.75 Å². The molecule has 0 radical (unpaired) electrons. The molecule has 9 nitrogen and oxygen atoms in total. The van der Waals surface area contributed by atoms with Crippen molar-refractivity contribution in [3.8, 4) is 5.75 Å². The molecule has 0 aromatic heterocycles. The number of likely N-dealkylation sites (N-methyl/N-ethyl adjacent to an activating group) is 1. The number of hydrogen-bond acceptors (Lipinski definition) is 6. The average Bonchev–Trinajstić information content (AvgIpc) is 3.70. The lowest BCUT2D eigenvalue weighted by Crippen LogP contribution is -2.59. The van der Waals surface area contributed by atoms with Crippen LogP contribution in [0.2, 0.25) is 0 Å². The lowest BCUT2D eigenvalue weighted by molar-refractivity contribution is -0.738. The Balaban J connectivity index is 1.34. The van der Waals surface area contributed by atoms with Gasteiger partial charge in [0.2, 0.25) is 15.9 Å². The number of likely N-dealkylation sites (tertiary alicyclic amines) is 1. The summed E-state index contributed by atoms with van der Waals surface area (Å²) in [6.07, 6.45) is 17.7. The average molecular weight is 674 g/mol. The lowest BCUT2D eigenvalue weighted by atomic mass is 9.82. The number of amides is 3. The molecule has 5 unspecified atom stereocenters. The minimum absolute atomic E-state index is 0.148. The number of benzene rings is 1. The number of allylic oxidation sites excluding steroid dienone is 2. The number of nitrogens with one attached hydrogen (secondary N) is 1. The van der Waals surface area contributed by atoms with E-state index in [0.717, 1.165) is 71.8 Å². The summed E-state index contributed by atoms with van der Waals surface area (Å²) in [5.74, 6) is 0.849. The molecule has 8 rings (SSSR count). The third kappa shape index (κ3) is 4.72. The lowest BCUT2D eigenvalue weighted by Gasteiger charge is -2.41. The fourth-order valence-corrected chi connectivity index (χ4v) is 10.9. The maximum Gasteiger partial charge on any atom is 0.440 e. The number of fused-ring (bicyclic) bond motifs is 7. The zero-order valence-electron chi connectivity index (χ0n) is 28.7. The fourth-order valence-electron chi connectivity index (χ4n) is 9.89. The molecule has 1 aromatic carbocycles. The molecule has 3 amide bonds. The van der Waals surface area contributed by atoms with E-state index in [9.17, 15) is 13.2 Å². The number of rotatable bonds is 6. The summed E-state index contributed by atoms with van der Waals surface area (Å²) in [5, 5.41) is 1.25. The summed E-state index contributed by atoms with van der Waals surface area (Å²) in [6, 6.07) is 3.72. The Morgan fingerprint density at radius 1 is 1.08 bits per heavy atom. The number of quaternary nitrogens is 1. The smallest absolute Gasteiger partial charge is 0.440 e.